The molecule has 0 spiro atoms. The summed E-state index contributed by atoms with van der Waals surface area (Å²) in [5, 5.41) is 0. The lowest BCUT2D eigenvalue weighted by molar-refractivity contribution is -0.361. The number of ether oxygens (including phenoxy) is 11. The Morgan fingerprint density at radius 3 is 1.24 bits per heavy atom. The smallest absolute Gasteiger partial charge is 0.303 e. The van der Waals surface area contributed by atoms with E-state index in [4.69, 9.17) is 86.9 Å². The molecule has 0 bridgehead atoms. The molecule has 0 unspecified atom stereocenters. The standard InChI is InChI=1S/C28H37Cl3O18/c1-11(32)39-8-18-20(42-13(3)34)22(43-14(4)35)25(46-17(7)38)27(48-18)49-21-19(9-40-12(2)33)47-26(41-10-28(29,30)31)24(45-16(6)37)23(21)44-15(5)36/h18-27H,8-10H2,1-7H3/t18-,19-,20-,21-,22+,23+,24-,25-,26-,27+/m1/s1. The van der Waals surface area contributed by atoms with Crippen LogP contribution in [0, 0.1) is 0 Å². The van der Waals surface area contributed by atoms with E-state index in [1.807, 2.05) is 0 Å². The minimum absolute atomic E-state index is 0.591. The molecule has 2 aliphatic heterocycles. The van der Waals surface area contributed by atoms with E-state index in [2.05, 4.69) is 0 Å². The van der Waals surface area contributed by atoms with Gasteiger partial charge in [0.25, 0.3) is 0 Å². The highest BCUT2D eigenvalue weighted by Crippen LogP contribution is 2.36. The zero-order valence-electron chi connectivity index (χ0n) is 27.4. The van der Waals surface area contributed by atoms with Gasteiger partial charge in [0, 0.05) is 48.5 Å². The molecule has 2 aliphatic rings. The maximum atomic E-state index is 12.4. The maximum Gasteiger partial charge on any atom is 0.303 e. The van der Waals surface area contributed by atoms with Gasteiger partial charge in [-0.1, -0.05) is 34.8 Å². The minimum atomic E-state index is -1.99. The number of alkyl halides is 3. The fraction of sp³-hybridized carbons (Fsp3) is 0.750. The summed E-state index contributed by atoms with van der Waals surface area (Å²) in [6, 6.07) is 0. The van der Waals surface area contributed by atoms with Crippen LogP contribution in [0.3, 0.4) is 0 Å². The van der Waals surface area contributed by atoms with Gasteiger partial charge in [0.05, 0.1) is 6.61 Å². The van der Waals surface area contributed by atoms with Gasteiger partial charge in [0.15, 0.2) is 43.1 Å². The van der Waals surface area contributed by atoms with Crippen LogP contribution >= 0.6 is 34.8 Å². The second-order valence-corrected chi connectivity index (χ2v) is 13.1. The van der Waals surface area contributed by atoms with Crippen LogP contribution in [0.2, 0.25) is 0 Å². The number of rotatable bonds is 13. The minimum Gasteiger partial charge on any atom is -0.463 e. The van der Waals surface area contributed by atoms with Gasteiger partial charge >= 0.3 is 41.8 Å². The molecule has 278 valence electrons. The van der Waals surface area contributed by atoms with E-state index in [0.29, 0.717) is 0 Å². The Morgan fingerprint density at radius 1 is 0.490 bits per heavy atom. The summed E-state index contributed by atoms with van der Waals surface area (Å²) >= 11 is 17.5. The van der Waals surface area contributed by atoms with Gasteiger partial charge in [0.1, 0.15) is 31.5 Å². The second kappa shape index (κ2) is 18.8. The Hall–Kier alpha value is -3.00. The molecular formula is C28H37Cl3O18. The van der Waals surface area contributed by atoms with Gasteiger partial charge in [0.2, 0.25) is 3.79 Å². The number of esters is 7. The number of halogens is 3. The van der Waals surface area contributed by atoms with E-state index in [1.54, 1.807) is 0 Å². The summed E-state index contributed by atoms with van der Waals surface area (Å²) < 4.78 is 59.1. The second-order valence-electron chi connectivity index (χ2n) is 10.6. The van der Waals surface area contributed by atoms with Gasteiger partial charge in [-0.25, -0.2) is 0 Å². The van der Waals surface area contributed by atoms with Gasteiger partial charge < -0.3 is 52.1 Å². The van der Waals surface area contributed by atoms with Crippen LogP contribution in [0.15, 0.2) is 0 Å². The lowest BCUT2D eigenvalue weighted by Gasteiger charge is -2.48. The predicted molar refractivity (Wildman–Crippen MR) is 159 cm³/mol. The van der Waals surface area contributed by atoms with Crippen LogP contribution < -0.4 is 0 Å². The van der Waals surface area contributed by atoms with Crippen LogP contribution in [-0.2, 0) is 85.7 Å². The topological polar surface area (TPSA) is 221 Å². The Balaban J connectivity index is 2.73. The molecule has 0 aromatic heterocycles. The first-order valence-corrected chi connectivity index (χ1v) is 15.6. The van der Waals surface area contributed by atoms with E-state index in [9.17, 15) is 33.6 Å². The van der Waals surface area contributed by atoms with Crippen molar-refractivity contribution in [1.29, 1.82) is 0 Å². The van der Waals surface area contributed by atoms with E-state index >= 15 is 0 Å². The highest BCUT2D eigenvalue weighted by Gasteiger charge is 2.57. The predicted octanol–water partition coefficient (Wildman–Crippen LogP) is 0.993. The van der Waals surface area contributed by atoms with Crippen LogP contribution in [0.1, 0.15) is 48.5 Å². The molecule has 0 amide bonds. The summed E-state index contributed by atoms with van der Waals surface area (Å²) in [5.41, 5.74) is 0. The molecule has 0 saturated carbocycles. The number of hydrogen-bond acceptors (Lipinski definition) is 18. The van der Waals surface area contributed by atoms with E-state index in [-0.39, 0.29) is 0 Å². The Morgan fingerprint density at radius 2 is 0.837 bits per heavy atom. The van der Waals surface area contributed by atoms with E-state index in [1.165, 1.54) is 0 Å². The first-order valence-electron chi connectivity index (χ1n) is 14.5. The van der Waals surface area contributed by atoms with Crippen LogP contribution in [0.5, 0.6) is 0 Å². The molecule has 2 rings (SSSR count). The molecule has 2 fully saturated rings. The van der Waals surface area contributed by atoms with Crippen LogP contribution in [0.25, 0.3) is 0 Å². The third-order valence-corrected chi connectivity index (χ3v) is 6.62. The zero-order chi connectivity index (χ0) is 37.2. The molecule has 49 heavy (non-hydrogen) atoms. The SMILES string of the molecule is CC(=O)OC[C@H]1O[C@@H](O[C@H]2[C@H](OC(C)=O)[C@@H](OC(C)=O)[C@H](OCC(Cl)(Cl)Cl)O[C@@H]2COC(C)=O)[C@H](OC(C)=O)[C@@H](OC(C)=O)[C@@H]1OC(C)=O. The third kappa shape index (κ3) is 14.0. The summed E-state index contributed by atoms with van der Waals surface area (Å²) in [4.78, 5) is 84.8. The van der Waals surface area contributed by atoms with Crippen molar-refractivity contribution in [3.63, 3.8) is 0 Å². The first-order chi connectivity index (χ1) is 22.7. The maximum absolute atomic E-state index is 12.4. The highest BCUT2D eigenvalue weighted by atomic mass is 35.6. The fourth-order valence-corrected chi connectivity index (χ4v) is 4.97. The van der Waals surface area contributed by atoms with Crippen molar-refractivity contribution in [3.8, 4) is 0 Å². The Bertz CT molecular complexity index is 1220. The largest absolute Gasteiger partial charge is 0.463 e. The first kappa shape index (κ1) is 42.2. The monoisotopic (exact) mass is 766 g/mol. The highest BCUT2D eigenvalue weighted by molar-refractivity contribution is 6.67. The average Bonchev–Trinajstić information content (AvgIpc) is 2.93. The molecule has 18 nitrogen and oxygen atoms in total. The van der Waals surface area contributed by atoms with E-state index < -0.39 is 127 Å². The summed E-state index contributed by atoms with van der Waals surface area (Å²) in [6.45, 7) is 5.45. The lowest BCUT2D eigenvalue weighted by atomic mass is 9.96. The molecule has 2 heterocycles. The van der Waals surface area contributed by atoms with Crippen LogP contribution in [-0.4, -0.2) is 127 Å². The van der Waals surface area contributed by atoms with Gasteiger partial charge in [-0.3, -0.25) is 33.6 Å². The average molecular weight is 768 g/mol. The molecule has 0 aromatic carbocycles. The molecule has 21 heteroatoms. The molecule has 0 radical (unpaired) electrons. The van der Waals surface area contributed by atoms with Crippen molar-refractivity contribution in [1.82, 2.24) is 0 Å². The van der Waals surface area contributed by atoms with Crippen molar-refractivity contribution in [2.24, 2.45) is 0 Å². The quantitative estimate of drug-likeness (QED) is 0.145. The van der Waals surface area contributed by atoms with E-state index in [0.717, 1.165) is 48.5 Å². The molecular weight excluding hydrogens is 731 g/mol. The number of carbonyl (C=O) groups excluding carboxylic acids is 7. The van der Waals surface area contributed by atoms with Crippen molar-refractivity contribution in [2.75, 3.05) is 19.8 Å². The van der Waals surface area contributed by atoms with Crippen LogP contribution in [0.4, 0.5) is 0 Å². The summed E-state index contributed by atoms with van der Waals surface area (Å²) in [7, 11) is 0. The van der Waals surface area contributed by atoms with Gasteiger partial charge in [-0.05, 0) is 0 Å². The Labute approximate surface area is 295 Å². The molecule has 0 N–H and O–H groups in total. The van der Waals surface area contributed by atoms with Gasteiger partial charge in [-0.2, -0.15) is 0 Å². The molecule has 2 saturated heterocycles. The third-order valence-electron chi connectivity index (χ3n) is 6.30. The van der Waals surface area contributed by atoms with Crippen molar-refractivity contribution >= 4 is 76.6 Å². The number of carbonyl (C=O) groups is 7. The molecule has 0 aliphatic carbocycles. The fourth-order valence-electron chi connectivity index (χ4n) is 4.78. The Kier molecular flexibility index (Phi) is 16.2. The normalized spacial score (nSPS) is 29.8. The number of hydrogen-bond donors (Lipinski definition) is 0. The summed E-state index contributed by atoms with van der Waals surface area (Å²) in [5.74, 6) is -6.10. The summed E-state index contributed by atoms with van der Waals surface area (Å²) in [6.07, 6.45) is -16.2. The van der Waals surface area contributed by atoms with Crippen molar-refractivity contribution < 1.29 is 85.7 Å². The lowest BCUT2D eigenvalue weighted by Crippen LogP contribution is -2.67. The van der Waals surface area contributed by atoms with Crippen molar-refractivity contribution in [3.05, 3.63) is 0 Å². The molecule has 0 aromatic rings. The zero-order valence-corrected chi connectivity index (χ0v) is 29.6. The van der Waals surface area contributed by atoms with Gasteiger partial charge in [-0.15, -0.1) is 0 Å². The molecule has 10 atom stereocenters. The van der Waals surface area contributed by atoms with Crippen molar-refractivity contribution in [2.45, 2.75) is 114 Å².